The van der Waals surface area contributed by atoms with Gasteiger partial charge in [0.1, 0.15) is 0 Å². The number of nitrogens with zero attached hydrogens (tertiary/aromatic N) is 2. The van der Waals surface area contributed by atoms with Gasteiger partial charge in [-0.05, 0) is 71.1 Å². The van der Waals surface area contributed by atoms with Gasteiger partial charge in [0, 0.05) is 17.5 Å². The smallest absolute Gasteiger partial charge is 0.236 e. The second-order valence-corrected chi connectivity index (χ2v) is 8.74. The van der Waals surface area contributed by atoms with Gasteiger partial charge < -0.3 is 4.90 Å². The van der Waals surface area contributed by atoms with Crippen molar-refractivity contribution in [2.45, 2.75) is 76.2 Å². The van der Waals surface area contributed by atoms with E-state index >= 15 is 0 Å². The summed E-state index contributed by atoms with van der Waals surface area (Å²) in [6.07, 6.45) is 3.44. The number of hydrogen-bond acceptors (Lipinski definition) is 3. The number of benzene rings is 1. The van der Waals surface area contributed by atoms with Gasteiger partial charge in [0.15, 0.2) is 0 Å². The number of rotatable bonds is 3. The third-order valence-electron chi connectivity index (χ3n) is 5.32. The molecule has 25 heavy (non-hydrogen) atoms. The van der Waals surface area contributed by atoms with E-state index in [2.05, 4.69) is 56.9 Å². The summed E-state index contributed by atoms with van der Waals surface area (Å²) in [6.45, 7) is 10.6. The van der Waals surface area contributed by atoms with Gasteiger partial charge in [0.05, 0.1) is 15.8 Å². The molecular weight excluding hydrogens is 328 g/mol. The van der Waals surface area contributed by atoms with Gasteiger partial charge in [0.2, 0.25) is 5.91 Å². The molecule has 1 aromatic carbocycles. The number of pyridine rings is 1. The lowest BCUT2D eigenvalue weighted by Crippen LogP contribution is -2.50. The molecular formula is C21H28N2OS. The Morgan fingerprint density at radius 1 is 1.20 bits per heavy atom. The molecule has 1 fully saturated rings. The average molecular weight is 357 g/mol. The quantitative estimate of drug-likeness (QED) is 0.716. The number of carbonyl (C=O) groups excluding carboxylic acids is 1. The second-order valence-electron chi connectivity index (χ2n) is 7.38. The molecule has 4 heteroatoms. The number of aromatic nitrogens is 1. The van der Waals surface area contributed by atoms with Gasteiger partial charge >= 0.3 is 0 Å². The Bertz CT molecular complexity index is 779. The molecule has 0 radical (unpaired) electrons. The summed E-state index contributed by atoms with van der Waals surface area (Å²) in [7, 11) is 0. The zero-order valence-electron chi connectivity index (χ0n) is 15.9. The number of amides is 1. The predicted octanol–water partition coefficient (Wildman–Crippen LogP) is 5.12. The second kappa shape index (κ2) is 7.36. The fraction of sp³-hybridized carbons (Fsp3) is 0.524. The van der Waals surface area contributed by atoms with Crippen LogP contribution in [-0.2, 0) is 4.79 Å². The Labute approximate surface area is 155 Å². The highest BCUT2D eigenvalue weighted by Gasteiger charge is 2.32. The highest BCUT2D eigenvalue weighted by Crippen LogP contribution is 2.31. The van der Waals surface area contributed by atoms with Crippen molar-refractivity contribution in [3.63, 3.8) is 0 Å². The summed E-state index contributed by atoms with van der Waals surface area (Å²) in [5, 5.41) is 2.02. The van der Waals surface area contributed by atoms with E-state index in [1.165, 1.54) is 22.9 Å². The molecule has 134 valence electrons. The van der Waals surface area contributed by atoms with Crippen LogP contribution in [0.5, 0.6) is 0 Å². The van der Waals surface area contributed by atoms with Crippen LogP contribution in [-0.4, -0.2) is 33.1 Å². The topological polar surface area (TPSA) is 33.2 Å². The number of likely N-dealkylation sites (tertiary alicyclic amines) is 1. The Balaban J connectivity index is 1.83. The number of hydrogen-bond donors (Lipinski definition) is 0. The minimum Gasteiger partial charge on any atom is -0.336 e. The molecule has 0 bridgehead atoms. The highest BCUT2D eigenvalue weighted by atomic mass is 32.2. The third-order valence-corrected chi connectivity index (χ3v) is 6.32. The Kier molecular flexibility index (Phi) is 5.38. The van der Waals surface area contributed by atoms with Crippen molar-refractivity contribution in [3.05, 3.63) is 35.4 Å². The van der Waals surface area contributed by atoms with Gasteiger partial charge in [-0.1, -0.05) is 30.0 Å². The molecule has 2 heterocycles. The van der Waals surface area contributed by atoms with Crippen LogP contribution >= 0.6 is 11.8 Å². The first-order valence-corrected chi connectivity index (χ1v) is 10.1. The normalized spacial score (nSPS) is 22.2. The molecule has 1 aliphatic heterocycles. The van der Waals surface area contributed by atoms with Crippen LogP contribution in [0.25, 0.3) is 10.9 Å². The van der Waals surface area contributed by atoms with Gasteiger partial charge in [-0.3, -0.25) is 4.79 Å². The predicted molar refractivity (Wildman–Crippen MR) is 106 cm³/mol. The van der Waals surface area contributed by atoms with E-state index in [1.54, 1.807) is 11.8 Å². The van der Waals surface area contributed by atoms with Crippen LogP contribution in [0.1, 0.15) is 51.2 Å². The first-order valence-electron chi connectivity index (χ1n) is 9.24. The zero-order valence-corrected chi connectivity index (χ0v) is 16.7. The van der Waals surface area contributed by atoms with E-state index in [4.69, 9.17) is 4.98 Å². The number of thioether (sulfide) groups is 1. The molecule has 1 amide bonds. The SMILES string of the molecule is Cc1cc(S[C@@H](C)C(=O)N2[C@H](C)CCC[C@@H]2C)nc2c(C)cccc12. The summed E-state index contributed by atoms with van der Waals surface area (Å²) in [5.74, 6) is 0.244. The van der Waals surface area contributed by atoms with E-state index in [9.17, 15) is 4.79 Å². The molecule has 0 saturated carbocycles. The number of para-hydroxylation sites is 1. The third kappa shape index (κ3) is 3.69. The minimum absolute atomic E-state index is 0.114. The molecule has 3 rings (SSSR count). The lowest BCUT2D eigenvalue weighted by molar-refractivity contribution is -0.136. The molecule has 0 aliphatic carbocycles. The maximum atomic E-state index is 13.0. The molecule has 3 atom stereocenters. The fourth-order valence-corrected chi connectivity index (χ4v) is 4.86. The first kappa shape index (κ1) is 18.2. The fourth-order valence-electron chi connectivity index (χ4n) is 3.89. The maximum absolute atomic E-state index is 13.0. The van der Waals surface area contributed by atoms with Crippen molar-refractivity contribution in [1.29, 1.82) is 0 Å². The zero-order chi connectivity index (χ0) is 18.1. The van der Waals surface area contributed by atoms with Gasteiger partial charge in [0.25, 0.3) is 0 Å². The van der Waals surface area contributed by atoms with E-state index in [-0.39, 0.29) is 11.2 Å². The molecule has 3 nitrogen and oxygen atoms in total. The van der Waals surface area contributed by atoms with Crippen molar-refractivity contribution in [2.75, 3.05) is 0 Å². The minimum atomic E-state index is -0.114. The standard InChI is InChI=1S/C21H28N2OS/c1-13-8-6-11-18-14(2)12-19(22-20(13)18)25-17(5)21(24)23-15(3)9-7-10-16(23)4/h6,8,11-12,15-17H,7,9-10H2,1-5H3/t15-,16+,17-/m0/s1. The Hall–Kier alpha value is -1.55. The van der Waals surface area contributed by atoms with Crippen molar-refractivity contribution in [1.82, 2.24) is 9.88 Å². The van der Waals surface area contributed by atoms with Crippen LogP contribution in [0, 0.1) is 13.8 Å². The van der Waals surface area contributed by atoms with E-state index < -0.39 is 0 Å². The molecule has 0 unspecified atom stereocenters. The monoisotopic (exact) mass is 356 g/mol. The van der Waals surface area contributed by atoms with Crippen molar-refractivity contribution in [3.8, 4) is 0 Å². The van der Waals surface area contributed by atoms with Crippen molar-refractivity contribution < 1.29 is 4.79 Å². The Morgan fingerprint density at radius 3 is 2.56 bits per heavy atom. The van der Waals surface area contributed by atoms with E-state index in [0.29, 0.717) is 12.1 Å². The number of fused-ring (bicyclic) bond motifs is 1. The average Bonchev–Trinajstić information content (AvgIpc) is 2.55. The van der Waals surface area contributed by atoms with E-state index in [0.717, 1.165) is 23.4 Å². The summed E-state index contributed by atoms with van der Waals surface area (Å²) in [5.41, 5.74) is 3.44. The van der Waals surface area contributed by atoms with Gasteiger partial charge in [-0.25, -0.2) is 4.98 Å². The number of piperidine rings is 1. The van der Waals surface area contributed by atoms with Crippen LogP contribution in [0.2, 0.25) is 0 Å². The van der Waals surface area contributed by atoms with Crippen molar-refractivity contribution in [2.24, 2.45) is 0 Å². The molecule has 1 aliphatic rings. The largest absolute Gasteiger partial charge is 0.336 e. The highest BCUT2D eigenvalue weighted by molar-refractivity contribution is 8.00. The van der Waals surface area contributed by atoms with Crippen LogP contribution in [0.3, 0.4) is 0 Å². The van der Waals surface area contributed by atoms with Crippen LogP contribution < -0.4 is 0 Å². The molecule has 1 aromatic heterocycles. The number of aryl methyl sites for hydroxylation is 2. The number of carbonyl (C=O) groups is 1. The molecule has 2 aromatic rings. The summed E-state index contributed by atoms with van der Waals surface area (Å²) in [6, 6.07) is 9.07. The van der Waals surface area contributed by atoms with E-state index in [1.807, 2.05) is 6.92 Å². The summed E-state index contributed by atoms with van der Waals surface area (Å²) in [4.78, 5) is 19.9. The summed E-state index contributed by atoms with van der Waals surface area (Å²) < 4.78 is 0. The lowest BCUT2D eigenvalue weighted by Gasteiger charge is -2.40. The molecule has 1 saturated heterocycles. The van der Waals surface area contributed by atoms with Gasteiger partial charge in [-0.2, -0.15) is 0 Å². The molecule has 0 spiro atoms. The summed E-state index contributed by atoms with van der Waals surface area (Å²) >= 11 is 1.58. The maximum Gasteiger partial charge on any atom is 0.236 e. The van der Waals surface area contributed by atoms with Crippen LogP contribution in [0.4, 0.5) is 0 Å². The van der Waals surface area contributed by atoms with Crippen LogP contribution in [0.15, 0.2) is 29.3 Å². The first-order chi connectivity index (χ1) is 11.9. The van der Waals surface area contributed by atoms with Crippen molar-refractivity contribution >= 4 is 28.6 Å². The lowest BCUT2D eigenvalue weighted by atomic mass is 9.97. The Morgan fingerprint density at radius 2 is 1.88 bits per heavy atom. The van der Waals surface area contributed by atoms with Gasteiger partial charge in [-0.15, -0.1) is 0 Å². The molecule has 0 N–H and O–H groups in total.